The van der Waals surface area contributed by atoms with Crippen molar-refractivity contribution in [3.05, 3.63) is 78.1 Å². The molecule has 0 unspecified atom stereocenters. The van der Waals surface area contributed by atoms with Crippen molar-refractivity contribution in [1.82, 2.24) is 20.0 Å². The summed E-state index contributed by atoms with van der Waals surface area (Å²) >= 11 is 0. The summed E-state index contributed by atoms with van der Waals surface area (Å²) in [6.45, 7) is 0.791. The van der Waals surface area contributed by atoms with Gasteiger partial charge in [-0.2, -0.15) is 5.10 Å². The van der Waals surface area contributed by atoms with Gasteiger partial charge in [0.1, 0.15) is 0 Å². The first kappa shape index (κ1) is 21.8. The van der Waals surface area contributed by atoms with Crippen molar-refractivity contribution in [2.75, 3.05) is 18.9 Å². The Balaban J connectivity index is 1.33. The van der Waals surface area contributed by atoms with Gasteiger partial charge in [0, 0.05) is 24.3 Å². The number of rotatable bonds is 8. The van der Waals surface area contributed by atoms with Crippen molar-refractivity contribution >= 4 is 17.5 Å². The smallest absolute Gasteiger partial charge is 0.253 e. The molecule has 2 amide bonds. The van der Waals surface area contributed by atoms with Gasteiger partial charge in [0.15, 0.2) is 0 Å². The summed E-state index contributed by atoms with van der Waals surface area (Å²) in [5.41, 5.74) is 3.05. The molecule has 0 bridgehead atoms. The number of para-hydroxylation sites is 2. The Morgan fingerprint density at radius 2 is 1.78 bits per heavy atom. The summed E-state index contributed by atoms with van der Waals surface area (Å²) < 4.78 is 1.82. The summed E-state index contributed by atoms with van der Waals surface area (Å²) in [4.78, 5) is 27.3. The van der Waals surface area contributed by atoms with E-state index in [1.807, 2.05) is 71.5 Å². The Hall–Kier alpha value is -3.45. The standard InChI is InChI=1S/C25H29N5O2/c1-29(16-19-15-26-30(17-19)21-11-3-2-4-12-21)18-24(31)28-23-14-8-7-13-22(23)25(32)27-20-9-5-6-10-20/h2-4,7-8,11-15,17,20H,5-6,9-10,16,18H2,1H3,(H,27,32)(H,28,31). The molecule has 32 heavy (non-hydrogen) atoms. The van der Waals surface area contributed by atoms with Crippen LogP contribution in [0.5, 0.6) is 0 Å². The molecule has 1 fully saturated rings. The molecule has 1 aromatic heterocycles. The van der Waals surface area contributed by atoms with E-state index in [4.69, 9.17) is 0 Å². The molecule has 4 rings (SSSR count). The number of nitrogens with one attached hydrogen (secondary N) is 2. The Morgan fingerprint density at radius 1 is 1.06 bits per heavy atom. The van der Waals surface area contributed by atoms with E-state index < -0.39 is 0 Å². The third-order valence-corrected chi connectivity index (χ3v) is 5.66. The van der Waals surface area contributed by atoms with E-state index in [1.165, 1.54) is 0 Å². The molecule has 0 atom stereocenters. The van der Waals surface area contributed by atoms with Gasteiger partial charge in [-0.3, -0.25) is 14.5 Å². The zero-order chi connectivity index (χ0) is 22.3. The number of anilines is 1. The first-order valence-electron chi connectivity index (χ1n) is 11.1. The predicted octanol–water partition coefficient (Wildman–Crippen LogP) is 3.62. The summed E-state index contributed by atoms with van der Waals surface area (Å²) in [5, 5.41) is 10.4. The lowest BCUT2D eigenvalue weighted by Crippen LogP contribution is -2.34. The van der Waals surface area contributed by atoms with E-state index in [2.05, 4.69) is 15.7 Å². The Kier molecular flexibility index (Phi) is 6.97. The fourth-order valence-corrected chi connectivity index (χ4v) is 4.09. The van der Waals surface area contributed by atoms with Crippen LogP contribution in [0.15, 0.2) is 67.0 Å². The van der Waals surface area contributed by atoms with Crippen LogP contribution in [-0.2, 0) is 11.3 Å². The number of likely N-dealkylation sites (N-methyl/N-ethyl adjacent to an activating group) is 1. The van der Waals surface area contributed by atoms with E-state index in [1.54, 1.807) is 12.1 Å². The molecule has 1 saturated carbocycles. The number of aromatic nitrogens is 2. The van der Waals surface area contributed by atoms with Crippen molar-refractivity contribution in [3.8, 4) is 5.69 Å². The van der Waals surface area contributed by atoms with Crippen molar-refractivity contribution < 1.29 is 9.59 Å². The molecule has 0 spiro atoms. The molecule has 0 aliphatic heterocycles. The van der Waals surface area contributed by atoms with Gasteiger partial charge >= 0.3 is 0 Å². The summed E-state index contributed by atoms with van der Waals surface area (Å²) in [6, 6.07) is 17.3. The molecule has 0 radical (unpaired) electrons. The fraction of sp³-hybridized carbons (Fsp3) is 0.320. The second kappa shape index (κ2) is 10.2. The number of benzene rings is 2. The first-order valence-corrected chi connectivity index (χ1v) is 11.1. The van der Waals surface area contributed by atoms with Crippen LogP contribution in [0.25, 0.3) is 5.69 Å². The van der Waals surface area contributed by atoms with Gasteiger partial charge < -0.3 is 10.6 Å². The van der Waals surface area contributed by atoms with E-state index in [9.17, 15) is 9.59 Å². The van der Waals surface area contributed by atoms with Crippen molar-refractivity contribution in [3.63, 3.8) is 0 Å². The van der Waals surface area contributed by atoms with Gasteiger partial charge in [-0.05, 0) is 44.2 Å². The number of carbonyl (C=O) groups is 2. The molecule has 7 nitrogen and oxygen atoms in total. The Bertz CT molecular complexity index is 1060. The highest BCUT2D eigenvalue weighted by Crippen LogP contribution is 2.20. The highest BCUT2D eigenvalue weighted by atomic mass is 16.2. The maximum absolute atomic E-state index is 12.7. The minimum atomic E-state index is -0.163. The molecule has 3 aromatic rings. The number of hydrogen-bond donors (Lipinski definition) is 2. The molecule has 1 aliphatic rings. The summed E-state index contributed by atoms with van der Waals surface area (Å²) in [6.07, 6.45) is 8.12. The van der Waals surface area contributed by atoms with Gasteiger partial charge in [0.25, 0.3) is 5.91 Å². The van der Waals surface area contributed by atoms with Crippen molar-refractivity contribution in [1.29, 1.82) is 0 Å². The number of nitrogens with zero attached hydrogens (tertiary/aromatic N) is 3. The Morgan fingerprint density at radius 3 is 2.56 bits per heavy atom. The lowest BCUT2D eigenvalue weighted by molar-refractivity contribution is -0.117. The minimum absolute atomic E-state index is 0.130. The second-order valence-electron chi connectivity index (χ2n) is 8.35. The van der Waals surface area contributed by atoms with Crippen LogP contribution in [0.1, 0.15) is 41.6 Å². The second-order valence-corrected chi connectivity index (χ2v) is 8.35. The molecule has 166 valence electrons. The normalized spacial score (nSPS) is 13.9. The third-order valence-electron chi connectivity index (χ3n) is 5.66. The average Bonchev–Trinajstić information content (AvgIpc) is 3.47. The van der Waals surface area contributed by atoms with E-state index in [0.717, 1.165) is 36.9 Å². The molecule has 7 heteroatoms. The van der Waals surface area contributed by atoms with Crippen LogP contribution in [0.4, 0.5) is 5.69 Å². The maximum Gasteiger partial charge on any atom is 0.253 e. The number of hydrogen-bond acceptors (Lipinski definition) is 4. The van der Waals surface area contributed by atoms with E-state index in [-0.39, 0.29) is 24.4 Å². The van der Waals surface area contributed by atoms with E-state index in [0.29, 0.717) is 17.8 Å². The third kappa shape index (κ3) is 5.62. The van der Waals surface area contributed by atoms with Crippen LogP contribution in [0.2, 0.25) is 0 Å². The van der Waals surface area contributed by atoms with Gasteiger partial charge in [-0.25, -0.2) is 4.68 Å². The molecule has 1 aliphatic carbocycles. The lowest BCUT2D eigenvalue weighted by atomic mass is 10.1. The minimum Gasteiger partial charge on any atom is -0.349 e. The highest BCUT2D eigenvalue weighted by Gasteiger charge is 2.20. The molecule has 1 heterocycles. The van der Waals surface area contributed by atoms with Crippen LogP contribution in [0, 0.1) is 0 Å². The largest absolute Gasteiger partial charge is 0.349 e. The average molecular weight is 432 g/mol. The van der Waals surface area contributed by atoms with Crippen LogP contribution < -0.4 is 10.6 Å². The van der Waals surface area contributed by atoms with Gasteiger partial charge in [0.05, 0.1) is 29.7 Å². The molecule has 2 N–H and O–H groups in total. The highest BCUT2D eigenvalue weighted by molar-refractivity contribution is 6.04. The number of carbonyl (C=O) groups excluding carboxylic acids is 2. The number of amides is 2. The van der Waals surface area contributed by atoms with Gasteiger partial charge in [0.2, 0.25) is 5.91 Å². The fourth-order valence-electron chi connectivity index (χ4n) is 4.09. The zero-order valence-electron chi connectivity index (χ0n) is 18.3. The first-order chi connectivity index (χ1) is 15.6. The maximum atomic E-state index is 12.7. The SMILES string of the molecule is CN(CC(=O)Nc1ccccc1C(=O)NC1CCCC1)Cc1cnn(-c2ccccc2)c1. The molecular weight excluding hydrogens is 402 g/mol. The van der Waals surface area contributed by atoms with Gasteiger partial charge in [-0.1, -0.05) is 43.2 Å². The van der Waals surface area contributed by atoms with Crippen molar-refractivity contribution in [2.45, 2.75) is 38.3 Å². The zero-order valence-corrected chi connectivity index (χ0v) is 18.3. The lowest BCUT2D eigenvalue weighted by Gasteiger charge is -2.17. The quantitative estimate of drug-likeness (QED) is 0.571. The monoisotopic (exact) mass is 431 g/mol. The molecular formula is C25H29N5O2. The summed E-state index contributed by atoms with van der Waals surface area (Å²) in [5.74, 6) is -0.293. The molecule has 2 aromatic carbocycles. The predicted molar refractivity (Wildman–Crippen MR) is 125 cm³/mol. The molecule has 0 saturated heterocycles. The van der Waals surface area contributed by atoms with Gasteiger partial charge in [-0.15, -0.1) is 0 Å². The summed E-state index contributed by atoms with van der Waals surface area (Å²) in [7, 11) is 1.89. The van der Waals surface area contributed by atoms with E-state index >= 15 is 0 Å². The van der Waals surface area contributed by atoms with Crippen LogP contribution in [0.3, 0.4) is 0 Å². The van der Waals surface area contributed by atoms with Crippen LogP contribution >= 0.6 is 0 Å². The Labute approximate surface area is 188 Å². The van der Waals surface area contributed by atoms with Crippen LogP contribution in [-0.4, -0.2) is 46.1 Å². The van der Waals surface area contributed by atoms with Crippen molar-refractivity contribution in [2.24, 2.45) is 0 Å². The topological polar surface area (TPSA) is 79.3 Å².